The molecule has 27 heavy (non-hydrogen) atoms. The lowest BCUT2D eigenvalue weighted by Gasteiger charge is -2.21. The van der Waals surface area contributed by atoms with Crippen LogP contribution in [0.15, 0.2) is 60.8 Å². The summed E-state index contributed by atoms with van der Waals surface area (Å²) in [7, 11) is 0. The van der Waals surface area contributed by atoms with Gasteiger partial charge >= 0.3 is 0 Å². The van der Waals surface area contributed by atoms with Gasteiger partial charge in [0, 0.05) is 30.1 Å². The van der Waals surface area contributed by atoms with Crippen LogP contribution in [0.2, 0.25) is 5.02 Å². The largest absolute Gasteiger partial charge is 0.354 e. The van der Waals surface area contributed by atoms with Gasteiger partial charge in [0.25, 0.3) is 0 Å². The number of rotatable bonds is 6. The van der Waals surface area contributed by atoms with Gasteiger partial charge in [-0.3, -0.25) is 14.6 Å². The van der Waals surface area contributed by atoms with Crippen molar-refractivity contribution >= 4 is 40.0 Å². The van der Waals surface area contributed by atoms with Crippen LogP contribution in [0.25, 0.3) is 10.9 Å². The van der Waals surface area contributed by atoms with Gasteiger partial charge < -0.3 is 10.2 Å². The third kappa shape index (κ3) is 4.83. The van der Waals surface area contributed by atoms with Gasteiger partial charge in [-0.05, 0) is 36.2 Å². The number of pyridine rings is 1. The molecule has 1 aromatic heterocycles. The maximum absolute atomic E-state index is 12.4. The van der Waals surface area contributed by atoms with Crippen LogP contribution in [0.3, 0.4) is 0 Å². The Kier molecular flexibility index (Phi) is 6.04. The smallest absolute Gasteiger partial charge is 0.240 e. The van der Waals surface area contributed by atoms with E-state index in [2.05, 4.69) is 10.3 Å². The van der Waals surface area contributed by atoms with E-state index in [9.17, 15) is 9.59 Å². The molecule has 6 heteroatoms. The first-order chi connectivity index (χ1) is 13.0. The van der Waals surface area contributed by atoms with Gasteiger partial charge in [-0.15, -0.1) is 0 Å². The highest BCUT2D eigenvalue weighted by atomic mass is 35.5. The quantitative estimate of drug-likeness (QED) is 0.709. The number of carbonyl (C=O) groups is 2. The molecule has 0 saturated heterocycles. The molecule has 2 amide bonds. The number of amides is 2. The summed E-state index contributed by atoms with van der Waals surface area (Å²) in [4.78, 5) is 30.3. The predicted octanol–water partition coefficient (Wildman–Crippen LogP) is 3.60. The Balaban J connectivity index is 1.66. The zero-order valence-corrected chi connectivity index (χ0v) is 15.7. The highest BCUT2D eigenvalue weighted by Crippen LogP contribution is 2.24. The van der Waals surface area contributed by atoms with Crippen molar-refractivity contribution in [2.24, 2.45) is 0 Å². The summed E-state index contributed by atoms with van der Waals surface area (Å²) in [6, 6.07) is 16.9. The fraction of sp³-hybridized carbons (Fsp3) is 0.190. The normalized spacial score (nSPS) is 10.6. The Morgan fingerprint density at radius 1 is 1.07 bits per heavy atom. The molecule has 2 aromatic carbocycles. The maximum Gasteiger partial charge on any atom is 0.240 e. The second-order valence-electron chi connectivity index (χ2n) is 6.18. The van der Waals surface area contributed by atoms with E-state index in [1.807, 2.05) is 48.5 Å². The molecule has 0 aliphatic carbocycles. The first-order valence-electron chi connectivity index (χ1n) is 8.67. The van der Waals surface area contributed by atoms with Crippen molar-refractivity contribution in [2.75, 3.05) is 18.0 Å². The van der Waals surface area contributed by atoms with Crippen LogP contribution in [0, 0.1) is 0 Å². The van der Waals surface area contributed by atoms with Crippen molar-refractivity contribution in [3.63, 3.8) is 0 Å². The Bertz CT molecular complexity index is 952. The van der Waals surface area contributed by atoms with Crippen LogP contribution in [-0.2, 0) is 16.0 Å². The molecular weight excluding hydrogens is 362 g/mol. The first-order valence-corrected chi connectivity index (χ1v) is 9.05. The molecule has 138 valence electrons. The fourth-order valence-electron chi connectivity index (χ4n) is 2.87. The molecule has 0 atom stereocenters. The highest BCUT2D eigenvalue weighted by Gasteiger charge is 2.18. The van der Waals surface area contributed by atoms with E-state index < -0.39 is 0 Å². The molecule has 5 nitrogen and oxygen atoms in total. The monoisotopic (exact) mass is 381 g/mol. The molecule has 3 aromatic rings. The minimum atomic E-state index is -0.216. The Labute approximate surface area is 163 Å². The van der Waals surface area contributed by atoms with Crippen LogP contribution >= 0.6 is 11.6 Å². The molecule has 0 unspecified atom stereocenters. The Morgan fingerprint density at radius 3 is 2.56 bits per heavy atom. The Hall–Kier alpha value is -2.92. The second-order valence-corrected chi connectivity index (χ2v) is 6.62. The summed E-state index contributed by atoms with van der Waals surface area (Å²) >= 11 is 5.87. The van der Waals surface area contributed by atoms with E-state index in [-0.39, 0.29) is 18.4 Å². The van der Waals surface area contributed by atoms with Gasteiger partial charge in [0.15, 0.2) is 0 Å². The number of hydrogen-bond acceptors (Lipinski definition) is 3. The predicted molar refractivity (Wildman–Crippen MR) is 108 cm³/mol. The minimum absolute atomic E-state index is 0.0500. The molecule has 3 rings (SSSR count). The highest BCUT2D eigenvalue weighted by molar-refractivity contribution is 6.30. The Morgan fingerprint density at radius 2 is 1.81 bits per heavy atom. The van der Waals surface area contributed by atoms with Crippen molar-refractivity contribution in [3.8, 4) is 0 Å². The van der Waals surface area contributed by atoms with E-state index in [0.717, 1.165) is 10.9 Å². The fourth-order valence-corrected chi connectivity index (χ4v) is 2.99. The summed E-state index contributed by atoms with van der Waals surface area (Å²) < 4.78 is 0. The number of nitrogens with zero attached hydrogens (tertiary/aromatic N) is 2. The number of benzene rings is 2. The third-order valence-electron chi connectivity index (χ3n) is 4.23. The van der Waals surface area contributed by atoms with Crippen molar-refractivity contribution in [1.29, 1.82) is 0 Å². The molecular formula is C21H20ClN3O2. The SMILES string of the molecule is CC(=O)N(CC(=O)NCCc1ccc(Cl)cc1)c1cccc2cccnc12. The van der Waals surface area contributed by atoms with E-state index >= 15 is 0 Å². The van der Waals surface area contributed by atoms with Crippen molar-refractivity contribution in [2.45, 2.75) is 13.3 Å². The van der Waals surface area contributed by atoms with Gasteiger partial charge in [0.05, 0.1) is 11.2 Å². The van der Waals surface area contributed by atoms with Crippen molar-refractivity contribution in [1.82, 2.24) is 10.3 Å². The number of halogens is 1. The molecule has 0 bridgehead atoms. The number of anilines is 1. The zero-order valence-electron chi connectivity index (χ0n) is 15.0. The molecule has 0 radical (unpaired) electrons. The van der Waals surface area contributed by atoms with Crippen LogP contribution in [0.4, 0.5) is 5.69 Å². The average Bonchev–Trinajstić information content (AvgIpc) is 2.67. The summed E-state index contributed by atoms with van der Waals surface area (Å²) in [5.41, 5.74) is 2.42. The number of para-hydroxylation sites is 1. The lowest BCUT2D eigenvalue weighted by molar-refractivity contribution is -0.123. The van der Waals surface area contributed by atoms with Gasteiger partial charge in [0.2, 0.25) is 11.8 Å². The van der Waals surface area contributed by atoms with E-state index in [1.165, 1.54) is 11.8 Å². The third-order valence-corrected chi connectivity index (χ3v) is 4.49. The summed E-state index contributed by atoms with van der Waals surface area (Å²) in [5, 5.41) is 4.47. The molecule has 0 spiro atoms. The molecule has 0 fully saturated rings. The number of fused-ring (bicyclic) bond motifs is 1. The van der Waals surface area contributed by atoms with Gasteiger partial charge in [-0.25, -0.2) is 0 Å². The lowest BCUT2D eigenvalue weighted by Crippen LogP contribution is -2.40. The number of nitrogens with one attached hydrogen (secondary N) is 1. The van der Waals surface area contributed by atoms with Gasteiger partial charge in [-0.1, -0.05) is 41.9 Å². The van der Waals surface area contributed by atoms with E-state index in [4.69, 9.17) is 11.6 Å². The molecule has 0 aliphatic rings. The second kappa shape index (κ2) is 8.64. The van der Waals surface area contributed by atoms with E-state index in [1.54, 1.807) is 12.3 Å². The van der Waals surface area contributed by atoms with Crippen LogP contribution in [0.5, 0.6) is 0 Å². The summed E-state index contributed by atoms with van der Waals surface area (Å²) in [5.74, 6) is -0.423. The topological polar surface area (TPSA) is 62.3 Å². The lowest BCUT2D eigenvalue weighted by atomic mass is 10.1. The van der Waals surface area contributed by atoms with Crippen molar-refractivity contribution < 1.29 is 9.59 Å². The number of carbonyl (C=O) groups excluding carboxylic acids is 2. The van der Waals surface area contributed by atoms with Gasteiger partial charge in [-0.2, -0.15) is 0 Å². The number of hydrogen-bond donors (Lipinski definition) is 1. The molecule has 1 heterocycles. The van der Waals surface area contributed by atoms with Crippen LogP contribution < -0.4 is 10.2 Å². The van der Waals surface area contributed by atoms with E-state index in [0.29, 0.717) is 29.2 Å². The van der Waals surface area contributed by atoms with Crippen molar-refractivity contribution in [3.05, 3.63) is 71.4 Å². The molecule has 1 N–H and O–H groups in total. The van der Waals surface area contributed by atoms with Crippen LogP contribution in [-0.4, -0.2) is 29.9 Å². The zero-order chi connectivity index (χ0) is 19.2. The summed E-state index contributed by atoms with van der Waals surface area (Å²) in [6.45, 7) is 1.88. The maximum atomic E-state index is 12.4. The van der Waals surface area contributed by atoms with Gasteiger partial charge in [0.1, 0.15) is 6.54 Å². The molecule has 0 aliphatic heterocycles. The minimum Gasteiger partial charge on any atom is -0.354 e. The number of aromatic nitrogens is 1. The summed E-state index contributed by atoms with van der Waals surface area (Å²) in [6.07, 6.45) is 2.37. The molecule has 0 saturated carbocycles. The van der Waals surface area contributed by atoms with Crippen LogP contribution in [0.1, 0.15) is 12.5 Å². The average molecular weight is 382 g/mol. The standard InChI is InChI=1S/C21H20ClN3O2/c1-15(26)25(19-6-2-4-17-5-3-12-24-21(17)19)14-20(27)23-13-11-16-7-9-18(22)10-8-16/h2-10,12H,11,13-14H2,1H3,(H,23,27). The first kappa shape index (κ1) is 18.9.